The zero-order valence-corrected chi connectivity index (χ0v) is 12.0. The third-order valence-corrected chi connectivity index (χ3v) is 3.45. The maximum absolute atomic E-state index is 13.8. The molecule has 0 spiro atoms. The van der Waals surface area contributed by atoms with Crippen LogP contribution in [-0.4, -0.2) is 9.97 Å². The number of nitrogens with one attached hydrogen (secondary N) is 1. The van der Waals surface area contributed by atoms with E-state index < -0.39 is 0 Å². The topological polar surface area (TPSA) is 37.8 Å². The number of hydrogen-bond acceptors (Lipinski definition) is 3. The summed E-state index contributed by atoms with van der Waals surface area (Å²) in [4.78, 5) is 8.78. The van der Waals surface area contributed by atoms with Gasteiger partial charge in [0, 0.05) is 12.0 Å². The highest BCUT2D eigenvalue weighted by Gasteiger charge is 2.27. The minimum atomic E-state index is -0.275. The van der Waals surface area contributed by atoms with Gasteiger partial charge in [-0.05, 0) is 53.4 Å². The van der Waals surface area contributed by atoms with E-state index in [0.29, 0.717) is 17.4 Å². The standard InChI is InChI=1S/C14H13BrFN3/c1-8-2-5-11(10(16)6-8)17-13-7-12(15)18-14(19-13)9-3-4-9/h2,5-7,9H,3-4H2,1H3,(H,17,18,19). The van der Waals surface area contributed by atoms with Crippen LogP contribution in [0.4, 0.5) is 15.9 Å². The average molecular weight is 322 g/mol. The molecule has 0 aliphatic heterocycles. The van der Waals surface area contributed by atoms with Gasteiger partial charge in [0.25, 0.3) is 0 Å². The van der Waals surface area contributed by atoms with Gasteiger partial charge in [0.2, 0.25) is 0 Å². The van der Waals surface area contributed by atoms with E-state index in [1.54, 1.807) is 12.1 Å². The van der Waals surface area contributed by atoms with Gasteiger partial charge in [-0.3, -0.25) is 0 Å². The molecule has 19 heavy (non-hydrogen) atoms. The Balaban J connectivity index is 1.89. The van der Waals surface area contributed by atoms with Crippen molar-refractivity contribution < 1.29 is 4.39 Å². The predicted molar refractivity (Wildman–Crippen MR) is 76.1 cm³/mol. The second kappa shape index (κ2) is 4.89. The highest BCUT2D eigenvalue weighted by molar-refractivity contribution is 9.10. The maximum Gasteiger partial charge on any atom is 0.146 e. The Kier molecular flexibility index (Phi) is 3.22. The first-order chi connectivity index (χ1) is 9.11. The SMILES string of the molecule is Cc1ccc(Nc2cc(Br)nc(C3CC3)n2)c(F)c1. The van der Waals surface area contributed by atoms with Crippen LogP contribution in [0.3, 0.4) is 0 Å². The molecule has 3 nitrogen and oxygen atoms in total. The number of halogens is 2. The Morgan fingerprint density at radius 1 is 1.26 bits per heavy atom. The van der Waals surface area contributed by atoms with Crippen LogP contribution in [-0.2, 0) is 0 Å². The Morgan fingerprint density at radius 3 is 2.74 bits per heavy atom. The summed E-state index contributed by atoms with van der Waals surface area (Å²) in [5.41, 5.74) is 1.32. The molecular weight excluding hydrogens is 309 g/mol. The molecule has 1 aliphatic carbocycles. The van der Waals surface area contributed by atoms with Crippen LogP contribution < -0.4 is 5.32 Å². The number of aryl methyl sites for hydroxylation is 1. The summed E-state index contributed by atoms with van der Waals surface area (Å²) < 4.78 is 14.5. The highest BCUT2D eigenvalue weighted by Crippen LogP contribution is 2.39. The molecule has 1 N–H and O–H groups in total. The summed E-state index contributed by atoms with van der Waals surface area (Å²) in [5, 5.41) is 3.01. The van der Waals surface area contributed by atoms with Gasteiger partial charge in [0.15, 0.2) is 0 Å². The number of anilines is 2. The summed E-state index contributed by atoms with van der Waals surface area (Å²) in [6.07, 6.45) is 2.27. The van der Waals surface area contributed by atoms with Crippen molar-refractivity contribution in [1.29, 1.82) is 0 Å². The summed E-state index contributed by atoms with van der Waals surface area (Å²) in [7, 11) is 0. The number of rotatable bonds is 3. The van der Waals surface area contributed by atoms with Gasteiger partial charge in [0.1, 0.15) is 22.1 Å². The van der Waals surface area contributed by atoms with Crippen LogP contribution in [0.25, 0.3) is 0 Å². The van der Waals surface area contributed by atoms with Gasteiger partial charge in [0.05, 0.1) is 5.69 Å². The fourth-order valence-electron chi connectivity index (χ4n) is 1.88. The lowest BCUT2D eigenvalue weighted by Crippen LogP contribution is -2.01. The van der Waals surface area contributed by atoms with Crippen LogP contribution in [0.1, 0.15) is 30.1 Å². The van der Waals surface area contributed by atoms with E-state index in [1.807, 2.05) is 13.0 Å². The van der Waals surface area contributed by atoms with E-state index in [4.69, 9.17) is 0 Å². The minimum absolute atomic E-state index is 0.275. The Labute approximate surface area is 119 Å². The van der Waals surface area contributed by atoms with Crippen molar-refractivity contribution >= 4 is 27.4 Å². The van der Waals surface area contributed by atoms with E-state index in [-0.39, 0.29) is 5.82 Å². The maximum atomic E-state index is 13.8. The van der Waals surface area contributed by atoms with Crippen molar-refractivity contribution in [2.24, 2.45) is 0 Å². The van der Waals surface area contributed by atoms with Crippen LogP contribution in [0.2, 0.25) is 0 Å². The summed E-state index contributed by atoms with van der Waals surface area (Å²) in [5.74, 6) is 1.62. The largest absolute Gasteiger partial charge is 0.338 e. The first-order valence-electron chi connectivity index (χ1n) is 6.19. The van der Waals surface area contributed by atoms with Gasteiger partial charge in [-0.2, -0.15) is 0 Å². The lowest BCUT2D eigenvalue weighted by atomic mass is 10.2. The zero-order valence-electron chi connectivity index (χ0n) is 10.5. The van der Waals surface area contributed by atoms with E-state index in [0.717, 1.165) is 28.8 Å². The van der Waals surface area contributed by atoms with Crippen LogP contribution in [0, 0.1) is 12.7 Å². The Bertz CT molecular complexity index is 626. The number of hydrogen-bond donors (Lipinski definition) is 1. The van der Waals surface area contributed by atoms with E-state index >= 15 is 0 Å². The third kappa shape index (κ3) is 2.92. The Hall–Kier alpha value is -1.49. The molecule has 0 atom stereocenters. The monoisotopic (exact) mass is 321 g/mol. The van der Waals surface area contributed by atoms with E-state index in [2.05, 4.69) is 31.2 Å². The number of aromatic nitrogens is 2. The lowest BCUT2D eigenvalue weighted by Gasteiger charge is -2.09. The van der Waals surface area contributed by atoms with Crippen LogP contribution >= 0.6 is 15.9 Å². The van der Waals surface area contributed by atoms with Crippen molar-refractivity contribution in [3.63, 3.8) is 0 Å². The molecule has 1 aliphatic rings. The molecule has 2 aromatic rings. The van der Waals surface area contributed by atoms with Gasteiger partial charge in [-0.15, -0.1) is 0 Å². The fourth-order valence-corrected chi connectivity index (χ4v) is 2.28. The van der Waals surface area contributed by atoms with Gasteiger partial charge in [-0.25, -0.2) is 14.4 Å². The van der Waals surface area contributed by atoms with Crippen molar-refractivity contribution in [1.82, 2.24) is 9.97 Å². The number of benzene rings is 1. The second-order valence-corrected chi connectivity index (χ2v) is 5.63. The van der Waals surface area contributed by atoms with Crippen molar-refractivity contribution in [3.8, 4) is 0 Å². The zero-order chi connectivity index (χ0) is 13.4. The molecule has 3 rings (SSSR count). The fraction of sp³-hybridized carbons (Fsp3) is 0.286. The van der Waals surface area contributed by atoms with Crippen molar-refractivity contribution in [2.75, 3.05) is 5.32 Å². The molecule has 0 unspecified atom stereocenters. The molecule has 1 fully saturated rings. The molecule has 1 heterocycles. The first kappa shape index (κ1) is 12.5. The Morgan fingerprint density at radius 2 is 2.05 bits per heavy atom. The predicted octanol–water partition coefficient (Wildman–Crippen LogP) is 4.31. The molecule has 0 radical (unpaired) electrons. The molecule has 0 bridgehead atoms. The van der Waals surface area contributed by atoms with Gasteiger partial charge < -0.3 is 5.32 Å². The van der Waals surface area contributed by atoms with Crippen molar-refractivity contribution in [2.45, 2.75) is 25.7 Å². The number of nitrogens with zero attached hydrogens (tertiary/aromatic N) is 2. The third-order valence-electron chi connectivity index (χ3n) is 3.04. The van der Waals surface area contributed by atoms with E-state index in [1.165, 1.54) is 6.07 Å². The summed E-state index contributed by atoms with van der Waals surface area (Å²) in [6, 6.07) is 6.84. The lowest BCUT2D eigenvalue weighted by molar-refractivity contribution is 0.630. The normalized spacial score (nSPS) is 14.5. The minimum Gasteiger partial charge on any atom is -0.338 e. The molecule has 0 saturated heterocycles. The molecule has 5 heteroatoms. The van der Waals surface area contributed by atoms with E-state index in [9.17, 15) is 4.39 Å². The molecule has 1 aromatic carbocycles. The second-order valence-electron chi connectivity index (χ2n) is 4.82. The molecule has 0 amide bonds. The van der Waals surface area contributed by atoms with Crippen LogP contribution in [0.15, 0.2) is 28.9 Å². The highest BCUT2D eigenvalue weighted by atomic mass is 79.9. The quantitative estimate of drug-likeness (QED) is 0.856. The average Bonchev–Trinajstić information content (AvgIpc) is 3.16. The molecule has 1 aromatic heterocycles. The van der Waals surface area contributed by atoms with Crippen LogP contribution in [0.5, 0.6) is 0 Å². The van der Waals surface area contributed by atoms with Gasteiger partial charge in [-0.1, -0.05) is 6.07 Å². The summed E-state index contributed by atoms with van der Waals surface area (Å²) >= 11 is 3.37. The summed E-state index contributed by atoms with van der Waals surface area (Å²) in [6.45, 7) is 1.86. The first-order valence-corrected chi connectivity index (χ1v) is 6.99. The van der Waals surface area contributed by atoms with Crippen molar-refractivity contribution in [3.05, 3.63) is 46.1 Å². The molecule has 98 valence electrons. The smallest absolute Gasteiger partial charge is 0.146 e. The molecular formula is C14H13BrFN3. The van der Waals surface area contributed by atoms with Gasteiger partial charge >= 0.3 is 0 Å². The molecule has 1 saturated carbocycles.